The van der Waals surface area contributed by atoms with E-state index in [-0.39, 0.29) is 12.8 Å². The average Bonchev–Trinajstić information content (AvgIpc) is 2.42. The predicted octanol–water partition coefficient (Wildman–Crippen LogP) is -0.404. The molecule has 1 unspecified atom stereocenters. The van der Waals surface area contributed by atoms with E-state index in [2.05, 4.69) is 10.3 Å². The maximum Gasteiger partial charge on any atom is 0.326 e. The summed E-state index contributed by atoms with van der Waals surface area (Å²) in [6, 6.07) is 1.86. The Morgan fingerprint density at radius 2 is 2.10 bits per heavy atom. The van der Waals surface area contributed by atoms with E-state index in [1.807, 2.05) is 0 Å². The van der Waals surface area contributed by atoms with Gasteiger partial charge in [-0.25, -0.2) is 9.78 Å². The number of pyridine rings is 1. The van der Waals surface area contributed by atoms with Gasteiger partial charge in [-0.3, -0.25) is 9.59 Å². The van der Waals surface area contributed by atoms with Crippen LogP contribution in [0.1, 0.15) is 23.2 Å². The molecule has 0 radical (unpaired) electrons. The monoisotopic (exact) mass is 294 g/mol. The summed E-state index contributed by atoms with van der Waals surface area (Å²) in [5.74, 6) is -1.80. The summed E-state index contributed by atoms with van der Waals surface area (Å²) in [5.41, 5.74) is 5.27. The molecule has 1 rings (SSSR count). The number of aromatic nitrogens is 1. The summed E-state index contributed by atoms with van der Waals surface area (Å²) in [5, 5.41) is 11.4. The van der Waals surface area contributed by atoms with Crippen LogP contribution < -0.4 is 16.0 Å². The van der Waals surface area contributed by atoms with Gasteiger partial charge in [-0.1, -0.05) is 0 Å². The number of carbonyl (C=O) groups excluding carboxylic acids is 2. The largest absolute Gasteiger partial charge is 0.480 e. The molecule has 8 heteroatoms. The maximum absolute atomic E-state index is 12.0. The summed E-state index contributed by atoms with van der Waals surface area (Å²) >= 11 is 0. The van der Waals surface area contributed by atoms with E-state index in [9.17, 15) is 14.4 Å². The maximum atomic E-state index is 12.0. The molecule has 0 saturated heterocycles. The zero-order chi connectivity index (χ0) is 16.0. The van der Waals surface area contributed by atoms with Crippen LogP contribution in [0, 0.1) is 0 Å². The fourth-order valence-electron chi connectivity index (χ4n) is 1.59. The highest BCUT2D eigenvalue weighted by Crippen LogP contribution is 2.10. The van der Waals surface area contributed by atoms with Crippen molar-refractivity contribution in [2.45, 2.75) is 18.9 Å². The Kier molecular flexibility index (Phi) is 5.65. The second-order valence-electron chi connectivity index (χ2n) is 4.67. The first-order chi connectivity index (χ1) is 9.81. The van der Waals surface area contributed by atoms with Crippen LogP contribution in [0.4, 0.5) is 5.82 Å². The molecule has 0 aromatic carbocycles. The summed E-state index contributed by atoms with van der Waals surface area (Å²) < 4.78 is 0. The number of primary amides is 1. The number of amides is 2. The molecule has 0 aliphatic rings. The van der Waals surface area contributed by atoms with Crippen LogP contribution >= 0.6 is 0 Å². The number of nitrogens with one attached hydrogen (secondary N) is 1. The Morgan fingerprint density at radius 1 is 1.43 bits per heavy atom. The quantitative estimate of drug-likeness (QED) is 0.628. The number of nitrogens with zero attached hydrogens (tertiary/aromatic N) is 2. The molecule has 0 aliphatic carbocycles. The van der Waals surface area contributed by atoms with Crippen molar-refractivity contribution in [1.29, 1.82) is 0 Å². The summed E-state index contributed by atoms with van der Waals surface area (Å²) in [4.78, 5) is 39.6. The van der Waals surface area contributed by atoms with Crippen LogP contribution in [0.3, 0.4) is 0 Å². The van der Waals surface area contributed by atoms with Crippen LogP contribution in [0.15, 0.2) is 18.3 Å². The molecule has 2 amide bonds. The number of aliphatic carboxylic acids is 1. The molecule has 1 aromatic rings. The van der Waals surface area contributed by atoms with Gasteiger partial charge in [0, 0.05) is 32.3 Å². The van der Waals surface area contributed by atoms with E-state index in [0.29, 0.717) is 11.4 Å². The Morgan fingerprint density at radius 3 is 2.62 bits per heavy atom. The van der Waals surface area contributed by atoms with Crippen LogP contribution in [-0.4, -0.2) is 48.0 Å². The van der Waals surface area contributed by atoms with Crippen LogP contribution in [0.2, 0.25) is 0 Å². The normalized spacial score (nSPS) is 11.5. The average molecular weight is 294 g/mol. The number of hydrogen-bond acceptors (Lipinski definition) is 5. The molecule has 0 bridgehead atoms. The zero-order valence-corrected chi connectivity index (χ0v) is 11.9. The van der Waals surface area contributed by atoms with E-state index < -0.39 is 23.8 Å². The minimum Gasteiger partial charge on any atom is -0.480 e. The molecule has 0 spiro atoms. The standard InChI is InChI=1S/C13H18N4O4/c1-17(2)11-7-8(5-6-15-11)12(19)16-9(13(20)21)3-4-10(14)18/h5-7,9H,3-4H2,1-2H3,(H2,14,18)(H,16,19)(H,20,21). The first-order valence-corrected chi connectivity index (χ1v) is 6.26. The van der Waals surface area contributed by atoms with Gasteiger partial charge >= 0.3 is 5.97 Å². The molecular weight excluding hydrogens is 276 g/mol. The molecule has 1 atom stereocenters. The van der Waals surface area contributed by atoms with Gasteiger partial charge in [0.1, 0.15) is 11.9 Å². The van der Waals surface area contributed by atoms with Crippen molar-refractivity contribution in [2.75, 3.05) is 19.0 Å². The van der Waals surface area contributed by atoms with E-state index in [4.69, 9.17) is 10.8 Å². The first kappa shape index (κ1) is 16.4. The van der Waals surface area contributed by atoms with E-state index in [1.54, 1.807) is 25.1 Å². The molecular formula is C13H18N4O4. The molecule has 0 saturated carbocycles. The lowest BCUT2D eigenvalue weighted by molar-refractivity contribution is -0.139. The fourth-order valence-corrected chi connectivity index (χ4v) is 1.59. The lowest BCUT2D eigenvalue weighted by Crippen LogP contribution is -2.41. The predicted molar refractivity (Wildman–Crippen MR) is 75.9 cm³/mol. The molecule has 0 aliphatic heterocycles. The van der Waals surface area contributed by atoms with Crippen molar-refractivity contribution in [3.8, 4) is 0 Å². The van der Waals surface area contributed by atoms with Gasteiger partial charge in [0.2, 0.25) is 5.91 Å². The Hall–Kier alpha value is -2.64. The van der Waals surface area contributed by atoms with Gasteiger partial charge in [-0.15, -0.1) is 0 Å². The number of carboxylic acids is 1. The minimum absolute atomic E-state index is 0.0535. The zero-order valence-electron chi connectivity index (χ0n) is 11.9. The lowest BCUT2D eigenvalue weighted by Gasteiger charge is -2.15. The third-order valence-electron chi connectivity index (χ3n) is 2.75. The third kappa shape index (κ3) is 5.09. The lowest BCUT2D eigenvalue weighted by atomic mass is 10.1. The highest BCUT2D eigenvalue weighted by atomic mass is 16.4. The minimum atomic E-state index is -1.22. The number of rotatable bonds is 7. The Labute approximate surface area is 121 Å². The smallest absolute Gasteiger partial charge is 0.326 e. The Bertz CT molecular complexity index is 545. The number of nitrogens with two attached hydrogens (primary N) is 1. The van der Waals surface area contributed by atoms with Gasteiger partial charge < -0.3 is 21.1 Å². The van der Waals surface area contributed by atoms with Crippen molar-refractivity contribution < 1.29 is 19.5 Å². The summed E-state index contributed by atoms with van der Waals surface area (Å²) in [7, 11) is 3.55. The SMILES string of the molecule is CN(C)c1cc(C(=O)NC(CCC(N)=O)C(=O)O)ccn1. The number of anilines is 1. The summed E-state index contributed by atoms with van der Waals surface area (Å²) in [6.07, 6.45) is 1.29. The van der Waals surface area contributed by atoms with Crippen molar-refractivity contribution in [2.24, 2.45) is 5.73 Å². The van der Waals surface area contributed by atoms with Gasteiger partial charge in [0.15, 0.2) is 0 Å². The number of carbonyl (C=O) groups is 3. The van der Waals surface area contributed by atoms with Crippen molar-refractivity contribution >= 4 is 23.6 Å². The molecule has 4 N–H and O–H groups in total. The molecule has 1 aromatic heterocycles. The van der Waals surface area contributed by atoms with Gasteiger partial charge in [0.05, 0.1) is 0 Å². The third-order valence-corrected chi connectivity index (χ3v) is 2.75. The molecule has 114 valence electrons. The van der Waals surface area contributed by atoms with Gasteiger partial charge in [-0.2, -0.15) is 0 Å². The molecule has 0 fully saturated rings. The second kappa shape index (κ2) is 7.22. The molecule has 8 nitrogen and oxygen atoms in total. The highest BCUT2D eigenvalue weighted by Gasteiger charge is 2.21. The molecule has 1 heterocycles. The van der Waals surface area contributed by atoms with Crippen LogP contribution in [0.5, 0.6) is 0 Å². The van der Waals surface area contributed by atoms with Crippen molar-refractivity contribution in [3.63, 3.8) is 0 Å². The van der Waals surface area contributed by atoms with Gasteiger partial charge in [-0.05, 0) is 18.6 Å². The fraction of sp³-hybridized carbons (Fsp3) is 0.385. The van der Waals surface area contributed by atoms with Crippen molar-refractivity contribution in [1.82, 2.24) is 10.3 Å². The van der Waals surface area contributed by atoms with E-state index in [1.165, 1.54) is 12.3 Å². The first-order valence-electron chi connectivity index (χ1n) is 6.26. The molecule has 21 heavy (non-hydrogen) atoms. The van der Waals surface area contributed by atoms with Crippen LogP contribution in [-0.2, 0) is 9.59 Å². The highest BCUT2D eigenvalue weighted by molar-refractivity contribution is 5.97. The van der Waals surface area contributed by atoms with Crippen molar-refractivity contribution in [3.05, 3.63) is 23.9 Å². The van der Waals surface area contributed by atoms with Gasteiger partial charge in [0.25, 0.3) is 5.91 Å². The topological polar surface area (TPSA) is 126 Å². The summed E-state index contributed by atoms with van der Waals surface area (Å²) in [6.45, 7) is 0. The van der Waals surface area contributed by atoms with E-state index >= 15 is 0 Å². The van der Waals surface area contributed by atoms with E-state index in [0.717, 1.165) is 0 Å². The Balaban J connectivity index is 2.79. The second-order valence-corrected chi connectivity index (χ2v) is 4.67. The van der Waals surface area contributed by atoms with Crippen LogP contribution in [0.25, 0.3) is 0 Å². The number of hydrogen-bond donors (Lipinski definition) is 3. The number of carboxylic acid groups (broad SMARTS) is 1.